The Morgan fingerprint density at radius 3 is 1.38 bits per heavy atom. The number of aromatic nitrogens is 1. The zero-order valence-corrected chi connectivity index (χ0v) is 30.5. The summed E-state index contributed by atoms with van der Waals surface area (Å²) in [6.07, 6.45) is 2.54. The first kappa shape index (κ1) is 52.3. The predicted octanol–water partition coefficient (Wildman–Crippen LogP) is -0.406. The van der Waals surface area contributed by atoms with Gasteiger partial charge in [0.1, 0.15) is 30.2 Å². The van der Waals surface area contributed by atoms with Crippen LogP contribution in [0.2, 0.25) is 0 Å². The Hall–Kier alpha value is -5.09. The van der Waals surface area contributed by atoms with Gasteiger partial charge in [-0.3, -0.25) is 28.8 Å². The zero-order valence-electron chi connectivity index (χ0n) is 29.6. The molecular weight excluding hydrogens is 718 g/mol. The second-order valence-corrected chi connectivity index (χ2v) is 11.5. The van der Waals surface area contributed by atoms with Gasteiger partial charge in [0.15, 0.2) is 0 Å². The number of carboxylic acid groups (broad SMARTS) is 6. The number of nitrogens with one attached hydrogen (secondary N) is 1. The van der Waals surface area contributed by atoms with Crippen molar-refractivity contribution in [1.82, 2.24) is 4.98 Å². The van der Waals surface area contributed by atoms with Crippen LogP contribution in [0.15, 0.2) is 60.8 Å². The number of hydrogen-bond donors (Lipinski definition) is 14. The summed E-state index contributed by atoms with van der Waals surface area (Å²) in [5, 5.41) is 50.0. The molecule has 19 nitrogen and oxygen atoms in total. The van der Waals surface area contributed by atoms with E-state index in [9.17, 15) is 28.8 Å². The van der Waals surface area contributed by atoms with Crippen molar-refractivity contribution >= 4 is 59.3 Å². The summed E-state index contributed by atoms with van der Waals surface area (Å²) in [6, 6.07) is 13.2. The first-order valence-corrected chi connectivity index (χ1v) is 16.2. The van der Waals surface area contributed by atoms with Gasteiger partial charge < -0.3 is 70.0 Å². The number of aromatic amines is 1. The third-order valence-corrected chi connectivity index (χ3v) is 6.52. The Morgan fingerprint density at radius 1 is 0.642 bits per heavy atom. The number of rotatable bonds is 12. The maximum absolute atomic E-state index is 10.6. The summed E-state index contributed by atoms with van der Waals surface area (Å²) in [7, 11) is 0. The molecule has 0 saturated carbocycles. The molecule has 2 aromatic carbocycles. The molecule has 298 valence electrons. The van der Waals surface area contributed by atoms with Crippen LogP contribution in [0, 0.1) is 5.92 Å². The number of fused-ring (bicyclic) bond motifs is 1. The number of para-hydroxylation sites is 1. The van der Waals surface area contributed by atoms with Crippen molar-refractivity contribution in [2.45, 2.75) is 63.8 Å². The number of aliphatic carboxylic acids is 6. The van der Waals surface area contributed by atoms with Crippen molar-refractivity contribution < 1.29 is 59.4 Å². The Morgan fingerprint density at radius 2 is 1.06 bits per heavy atom. The lowest BCUT2D eigenvalue weighted by Gasteiger charge is -2.07. The monoisotopic (exact) mass is 771 g/mol. The highest BCUT2D eigenvalue weighted by atomic mass is 32.1. The average molecular weight is 772 g/mol. The molecule has 0 bridgehead atoms. The summed E-state index contributed by atoms with van der Waals surface area (Å²) < 4.78 is 0. The second-order valence-electron chi connectivity index (χ2n) is 11.1. The fraction of sp³-hybridized carbons (Fsp3) is 0.394. The largest absolute Gasteiger partial charge is 0.480 e. The van der Waals surface area contributed by atoms with Gasteiger partial charge in [-0.25, -0.2) is 0 Å². The minimum atomic E-state index is -1.00. The van der Waals surface area contributed by atoms with Crippen molar-refractivity contribution in [3.63, 3.8) is 0 Å². The summed E-state index contributed by atoms with van der Waals surface area (Å²) in [6.45, 7) is 4.69. The topological polar surface area (TPSA) is 396 Å². The number of hydrogen-bond acceptors (Lipinski definition) is 13. The van der Waals surface area contributed by atoms with Crippen molar-refractivity contribution in [3.8, 4) is 0 Å². The fourth-order valence-electron chi connectivity index (χ4n) is 2.94. The van der Waals surface area contributed by atoms with Crippen LogP contribution in [0.5, 0.6) is 0 Å². The molecule has 0 aliphatic rings. The molecule has 53 heavy (non-hydrogen) atoms. The molecule has 3 aromatic rings. The highest BCUT2D eigenvalue weighted by molar-refractivity contribution is 7.80. The van der Waals surface area contributed by atoms with Gasteiger partial charge in [0.25, 0.3) is 0 Å². The maximum Gasteiger partial charge on any atom is 0.321 e. The molecule has 0 saturated heterocycles. The van der Waals surface area contributed by atoms with E-state index in [-0.39, 0.29) is 18.2 Å². The van der Waals surface area contributed by atoms with Crippen molar-refractivity contribution in [2.24, 2.45) is 40.3 Å². The molecule has 0 fully saturated rings. The van der Waals surface area contributed by atoms with E-state index in [1.54, 1.807) is 13.8 Å². The molecule has 5 atom stereocenters. The molecular formula is C33H53N7O12S. The standard InChI is InChI=1S/C11H12N2O2.C9H11NO2.C5H11NO2.C3H7NO2S.C3H7NO2.C2H5NO2/c12-9(11(14)15)5-7-6-13-10-4-2-1-3-8(7)10;10-8(9(11)12)6-7-4-2-1-3-5-7;1-3(2)4(6)5(7)8;4-2(1-7)3(5)6;1-2(4)3(5)6;3-1-2(4)5/h1-4,6,9,13H,5,12H2,(H,14,15);1-5,8H,6,10H2,(H,11,12);3-4H,6H2,1-2H3,(H,7,8);2,7H,1,4H2,(H,5,6);2H,4H2,1H3,(H,5,6);1,3H2,(H,4,5). The SMILES string of the molecule is CC(C)C(N)C(=O)O.CC(N)C(=O)O.NC(CS)C(=O)O.NC(Cc1c[nH]c2ccccc12)C(=O)O.NC(Cc1ccccc1)C(=O)O.NCC(=O)O. The fourth-order valence-corrected chi connectivity index (χ4v) is 3.10. The smallest absolute Gasteiger partial charge is 0.321 e. The van der Waals surface area contributed by atoms with Gasteiger partial charge >= 0.3 is 35.8 Å². The highest BCUT2D eigenvalue weighted by Crippen LogP contribution is 2.18. The molecule has 5 unspecified atom stereocenters. The van der Waals surface area contributed by atoms with Crippen LogP contribution in [0.4, 0.5) is 0 Å². The van der Waals surface area contributed by atoms with Gasteiger partial charge in [-0.1, -0.05) is 62.4 Å². The first-order chi connectivity index (χ1) is 24.5. The number of carboxylic acids is 6. The van der Waals surface area contributed by atoms with Gasteiger partial charge in [0.05, 0.1) is 6.54 Å². The van der Waals surface area contributed by atoms with E-state index in [0.717, 1.165) is 22.0 Å². The lowest BCUT2D eigenvalue weighted by atomic mass is 10.1. The van der Waals surface area contributed by atoms with Crippen LogP contribution >= 0.6 is 12.6 Å². The molecule has 0 aliphatic heterocycles. The summed E-state index contributed by atoms with van der Waals surface area (Å²) >= 11 is 3.65. The second kappa shape index (κ2) is 29.5. The van der Waals surface area contributed by atoms with E-state index in [2.05, 4.69) is 23.3 Å². The quantitative estimate of drug-likeness (QED) is 0.104. The lowest BCUT2D eigenvalue weighted by molar-refractivity contribution is -0.140. The minimum absolute atomic E-state index is 0.0208. The van der Waals surface area contributed by atoms with E-state index < -0.39 is 66.0 Å². The van der Waals surface area contributed by atoms with Crippen LogP contribution < -0.4 is 34.4 Å². The third kappa shape index (κ3) is 27.3. The highest BCUT2D eigenvalue weighted by Gasteiger charge is 2.15. The average Bonchev–Trinajstić information content (AvgIpc) is 3.51. The maximum atomic E-state index is 10.6. The van der Waals surface area contributed by atoms with Crippen LogP contribution in [-0.2, 0) is 41.6 Å². The van der Waals surface area contributed by atoms with Crippen molar-refractivity contribution in [3.05, 3.63) is 71.9 Å². The molecule has 0 spiro atoms. The lowest BCUT2D eigenvalue weighted by Crippen LogP contribution is -2.34. The molecule has 1 heterocycles. The normalized spacial score (nSPS) is 12.6. The van der Waals surface area contributed by atoms with Gasteiger partial charge in [0, 0.05) is 29.3 Å². The zero-order chi connectivity index (χ0) is 41.8. The van der Waals surface area contributed by atoms with Crippen LogP contribution in [-0.4, -0.2) is 114 Å². The van der Waals surface area contributed by atoms with E-state index in [1.165, 1.54) is 6.92 Å². The number of carbonyl (C=O) groups is 6. The van der Waals surface area contributed by atoms with Gasteiger partial charge in [-0.15, -0.1) is 0 Å². The predicted molar refractivity (Wildman–Crippen MR) is 201 cm³/mol. The number of H-pyrrole nitrogens is 1. The summed E-state index contributed by atoms with van der Waals surface area (Å²) in [5.41, 5.74) is 33.2. The Bertz CT molecular complexity index is 1520. The Balaban J connectivity index is -0.000000595. The third-order valence-electron chi connectivity index (χ3n) is 6.13. The van der Waals surface area contributed by atoms with Crippen LogP contribution in [0.1, 0.15) is 31.9 Å². The van der Waals surface area contributed by atoms with Crippen molar-refractivity contribution in [1.29, 1.82) is 0 Å². The molecule has 0 radical (unpaired) electrons. The van der Waals surface area contributed by atoms with E-state index in [0.29, 0.717) is 12.8 Å². The van der Waals surface area contributed by atoms with E-state index >= 15 is 0 Å². The first-order valence-electron chi connectivity index (χ1n) is 15.6. The summed E-state index contributed by atoms with van der Waals surface area (Å²) in [5.74, 6) is -5.59. The molecule has 19 N–H and O–H groups in total. The molecule has 0 aliphatic carbocycles. The van der Waals surface area contributed by atoms with Gasteiger partial charge in [-0.2, -0.15) is 12.6 Å². The molecule has 3 rings (SSSR count). The van der Waals surface area contributed by atoms with Crippen molar-refractivity contribution in [2.75, 3.05) is 12.3 Å². The van der Waals surface area contributed by atoms with E-state index in [4.69, 9.17) is 59.3 Å². The van der Waals surface area contributed by atoms with Crippen LogP contribution in [0.3, 0.4) is 0 Å². The molecule has 20 heteroatoms. The summed E-state index contributed by atoms with van der Waals surface area (Å²) in [4.78, 5) is 62.7. The number of nitrogens with two attached hydrogens (primary N) is 6. The number of benzene rings is 2. The van der Waals surface area contributed by atoms with Crippen LogP contribution in [0.25, 0.3) is 10.9 Å². The molecule has 0 amide bonds. The molecule has 1 aromatic heterocycles. The number of thiol groups is 1. The Labute approximate surface area is 311 Å². The van der Waals surface area contributed by atoms with Gasteiger partial charge in [0.2, 0.25) is 0 Å². The Kier molecular flexibility index (Phi) is 29.1. The minimum Gasteiger partial charge on any atom is -0.480 e. The van der Waals surface area contributed by atoms with E-state index in [1.807, 2.05) is 60.8 Å². The van der Waals surface area contributed by atoms with Gasteiger partial charge in [-0.05, 0) is 36.5 Å².